The van der Waals surface area contributed by atoms with Gasteiger partial charge in [0.2, 0.25) is 0 Å². The molecule has 0 atom stereocenters. The van der Waals surface area contributed by atoms with Crippen LogP contribution in [0.5, 0.6) is 5.75 Å². The van der Waals surface area contributed by atoms with Crippen molar-refractivity contribution >= 4 is 44.2 Å². The van der Waals surface area contributed by atoms with Gasteiger partial charge in [0, 0.05) is 11.6 Å². The van der Waals surface area contributed by atoms with Crippen molar-refractivity contribution in [2.45, 2.75) is 20.3 Å². The summed E-state index contributed by atoms with van der Waals surface area (Å²) in [5, 5.41) is 1.35. The molecule has 0 aliphatic heterocycles. The number of benzene rings is 2. The molecule has 3 aromatic rings. The summed E-state index contributed by atoms with van der Waals surface area (Å²) in [6.07, 6.45) is 0.855. The standard InChI is InChI=1S/C22H26ClN3O2S/c1-15-12-19-20(13-16(15)2)29-22(24-19)26(11-5-10-25(3)4)21(27)14-28-18-8-6-17(23)7-9-18/h6-9,12-13H,5,10-11,14H2,1-4H3. The predicted octanol–water partition coefficient (Wildman–Crippen LogP) is 4.93. The molecule has 0 aliphatic carbocycles. The first-order valence-corrected chi connectivity index (χ1v) is 10.7. The molecule has 1 amide bonds. The first-order valence-electron chi connectivity index (χ1n) is 9.55. The molecule has 0 unspecified atom stereocenters. The summed E-state index contributed by atoms with van der Waals surface area (Å²) in [6.45, 7) is 5.61. The van der Waals surface area contributed by atoms with Gasteiger partial charge in [0.15, 0.2) is 11.7 Å². The minimum Gasteiger partial charge on any atom is -0.484 e. The third-order valence-corrected chi connectivity index (χ3v) is 5.98. The van der Waals surface area contributed by atoms with Crippen LogP contribution in [0.3, 0.4) is 0 Å². The van der Waals surface area contributed by atoms with Crippen LogP contribution >= 0.6 is 22.9 Å². The molecule has 154 valence electrons. The smallest absolute Gasteiger partial charge is 0.266 e. The van der Waals surface area contributed by atoms with Crippen molar-refractivity contribution in [3.8, 4) is 5.75 Å². The molecule has 0 aliphatic rings. The number of hydrogen-bond donors (Lipinski definition) is 0. The molecule has 1 aromatic heterocycles. The highest BCUT2D eigenvalue weighted by molar-refractivity contribution is 7.22. The Balaban J connectivity index is 1.79. The van der Waals surface area contributed by atoms with E-state index in [0.29, 0.717) is 22.4 Å². The number of aryl methyl sites for hydroxylation is 2. The van der Waals surface area contributed by atoms with Crippen LogP contribution in [0, 0.1) is 13.8 Å². The molecule has 0 N–H and O–H groups in total. The number of ether oxygens (including phenoxy) is 1. The van der Waals surface area contributed by atoms with E-state index >= 15 is 0 Å². The number of anilines is 1. The normalized spacial score (nSPS) is 11.2. The van der Waals surface area contributed by atoms with Crippen LogP contribution in [0.2, 0.25) is 5.02 Å². The summed E-state index contributed by atoms with van der Waals surface area (Å²) in [5.74, 6) is 0.512. The van der Waals surface area contributed by atoms with Crippen LogP contribution in [0.15, 0.2) is 36.4 Å². The second-order valence-corrected chi connectivity index (χ2v) is 8.79. The Hall–Kier alpha value is -2.15. The van der Waals surface area contributed by atoms with Gasteiger partial charge in [0.1, 0.15) is 5.75 Å². The second kappa shape index (κ2) is 9.57. The van der Waals surface area contributed by atoms with Crippen LogP contribution in [0.4, 0.5) is 5.13 Å². The van der Waals surface area contributed by atoms with Crippen molar-refractivity contribution in [1.82, 2.24) is 9.88 Å². The van der Waals surface area contributed by atoms with Crippen LogP contribution in [0.25, 0.3) is 10.2 Å². The molecular formula is C22H26ClN3O2S. The van der Waals surface area contributed by atoms with E-state index in [4.69, 9.17) is 21.3 Å². The minimum atomic E-state index is -0.105. The van der Waals surface area contributed by atoms with Gasteiger partial charge in [-0.15, -0.1) is 0 Å². The molecule has 3 rings (SSSR count). The Kier molecular flexibility index (Phi) is 7.11. The van der Waals surface area contributed by atoms with Gasteiger partial charge in [-0.1, -0.05) is 22.9 Å². The van der Waals surface area contributed by atoms with Crippen molar-refractivity contribution in [1.29, 1.82) is 0 Å². The summed E-state index contributed by atoms with van der Waals surface area (Å²) in [7, 11) is 4.05. The van der Waals surface area contributed by atoms with Crippen LogP contribution < -0.4 is 9.64 Å². The summed E-state index contributed by atoms with van der Waals surface area (Å²) < 4.78 is 6.77. The lowest BCUT2D eigenvalue weighted by Crippen LogP contribution is -2.36. The van der Waals surface area contributed by atoms with E-state index in [-0.39, 0.29) is 12.5 Å². The number of halogens is 1. The summed E-state index contributed by atoms with van der Waals surface area (Å²) in [5.41, 5.74) is 3.35. The van der Waals surface area contributed by atoms with E-state index in [9.17, 15) is 4.79 Å². The molecule has 29 heavy (non-hydrogen) atoms. The average Bonchev–Trinajstić information content (AvgIpc) is 3.07. The summed E-state index contributed by atoms with van der Waals surface area (Å²) >= 11 is 7.45. The van der Waals surface area contributed by atoms with Gasteiger partial charge in [-0.3, -0.25) is 9.69 Å². The molecule has 0 bridgehead atoms. The fourth-order valence-electron chi connectivity index (χ4n) is 2.91. The molecule has 2 aromatic carbocycles. The zero-order valence-corrected chi connectivity index (χ0v) is 18.8. The predicted molar refractivity (Wildman–Crippen MR) is 122 cm³/mol. The van der Waals surface area contributed by atoms with Gasteiger partial charge in [-0.05, 0) is 88.4 Å². The number of thiazole rings is 1. The lowest BCUT2D eigenvalue weighted by molar-refractivity contribution is -0.120. The Morgan fingerprint density at radius 2 is 1.79 bits per heavy atom. The minimum absolute atomic E-state index is 0.0441. The van der Waals surface area contributed by atoms with Gasteiger partial charge in [0.05, 0.1) is 10.2 Å². The fraction of sp³-hybridized carbons (Fsp3) is 0.364. The number of rotatable bonds is 8. The number of hydrogen-bond acceptors (Lipinski definition) is 5. The maximum absolute atomic E-state index is 13.0. The quantitative estimate of drug-likeness (QED) is 0.507. The molecule has 7 heteroatoms. The zero-order valence-electron chi connectivity index (χ0n) is 17.2. The highest BCUT2D eigenvalue weighted by Crippen LogP contribution is 2.31. The number of amides is 1. The third-order valence-electron chi connectivity index (χ3n) is 4.69. The fourth-order valence-corrected chi connectivity index (χ4v) is 4.12. The molecular weight excluding hydrogens is 406 g/mol. The first kappa shape index (κ1) is 21.6. The van der Waals surface area contributed by atoms with E-state index in [1.807, 2.05) is 14.1 Å². The highest BCUT2D eigenvalue weighted by Gasteiger charge is 2.20. The molecule has 1 heterocycles. The largest absolute Gasteiger partial charge is 0.484 e. The highest BCUT2D eigenvalue weighted by atomic mass is 35.5. The number of aromatic nitrogens is 1. The number of carbonyl (C=O) groups is 1. The van der Waals surface area contributed by atoms with Crippen molar-refractivity contribution in [3.63, 3.8) is 0 Å². The van der Waals surface area contributed by atoms with Crippen molar-refractivity contribution in [2.24, 2.45) is 0 Å². The molecule has 0 radical (unpaired) electrons. The SMILES string of the molecule is Cc1cc2nc(N(CCCN(C)C)C(=O)COc3ccc(Cl)cc3)sc2cc1C. The van der Waals surface area contributed by atoms with Crippen LogP contribution in [0.1, 0.15) is 17.5 Å². The summed E-state index contributed by atoms with van der Waals surface area (Å²) in [6, 6.07) is 11.2. The van der Waals surface area contributed by atoms with E-state index < -0.39 is 0 Å². The van der Waals surface area contributed by atoms with Gasteiger partial charge in [-0.2, -0.15) is 0 Å². The average molecular weight is 432 g/mol. The first-order chi connectivity index (χ1) is 13.8. The molecule has 5 nitrogen and oxygen atoms in total. The molecule has 0 saturated carbocycles. The number of nitrogens with zero attached hydrogens (tertiary/aromatic N) is 3. The Morgan fingerprint density at radius 3 is 2.48 bits per heavy atom. The third kappa shape index (κ3) is 5.69. The van der Waals surface area contributed by atoms with E-state index in [1.165, 1.54) is 11.1 Å². The van der Waals surface area contributed by atoms with Crippen LogP contribution in [-0.4, -0.2) is 49.6 Å². The van der Waals surface area contributed by atoms with E-state index in [1.54, 1.807) is 40.5 Å². The lowest BCUT2D eigenvalue weighted by atomic mass is 10.1. The van der Waals surface area contributed by atoms with Crippen molar-refractivity contribution in [3.05, 3.63) is 52.5 Å². The Morgan fingerprint density at radius 1 is 1.10 bits per heavy atom. The molecule has 0 spiro atoms. The Bertz CT molecular complexity index is 947. The van der Waals surface area contributed by atoms with Gasteiger partial charge >= 0.3 is 0 Å². The number of carbonyl (C=O) groups excluding carboxylic acids is 1. The Labute approximate surface area is 180 Å². The van der Waals surface area contributed by atoms with Crippen molar-refractivity contribution < 1.29 is 9.53 Å². The van der Waals surface area contributed by atoms with Crippen molar-refractivity contribution in [2.75, 3.05) is 38.7 Å². The summed E-state index contributed by atoms with van der Waals surface area (Å²) in [4.78, 5) is 21.6. The maximum Gasteiger partial charge on any atom is 0.266 e. The second-order valence-electron chi connectivity index (χ2n) is 7.35. The van der Waals surface area contributed by atoms with E-state index in [0.717, 1.165) is 23.2 Å². The van der Waals surface area contributed by atoms with Gasteiger partial charge < -0.3 is 9.64 Å². The molecule has 0 saturated heterocycles. The maximum atomic E-state index is 13.0. The lowest BCUT2D eigenvalue weighted by Gasteiger charge is -2.21. The van der Waals surface area contributed by atoms with Gasteiger partial charge in [-0.25, -0.2) is 4.98 Å². The van der Waals surface area contributed by atoms with E-state index in [2.05, 4.69) is 30.9 Å². The zero-order chi connectivity index (χ0) is 21.0. The molecule has 0 fully saturated rings. The topological polar surface area (TPSA) is 45.7 Å². The van der Waals surface area contributed by atoms with Crippen LogP contribution in [-0.2, 0) is 4.79 Å². The number of fused-ring (bicyclic) bond motifs is 1. The van der Waals surface area contributed by atoms with Gasteiger partial charge in [0.25, 0.3) is 5.91 Å². The monoisotopic (exact) mass is 431 g/mol.